The van der Waals surface area contributed by atoms with Crippen molar-refractivity contribution in [2.24, 2.45) is 5.92 Å². The molecule has 1 aromatic carbocycles. The summed E-state index contributed by atoms with van der Waals surface area (Å²) < 4.78 is 8.78. The molecule has 5 heteroatoms. The van der Waals surface area contributed by atoms with Gasteiger partial charge in [-0.05, 0) is 56.2 Å². The minimum Gasteiger partial charge on any atom is -0.490 e. The van der Waals surface area contributed by atoms with Crippen molar-refractivity contribution in [1.82, 2.24) is 14.8 Å². The molecule has 3 heterocycles. The van der Waals surface area contributed by atoms with Crippen LogP contribution in [-0.4, -0.2) is 47.2 Å². The number of likely N-dealkylation sites (tertiary alicyclic amines) is 1. The lowest BCUT2D eigenvalue weighted by molar-refractivity contribution is -0.124. The summed E-state index contributed by atoms with van der Waals surface area (Å²) in [4.78, 5) is 14.2. The first kappa shape index (κ1) is 16.2. The molecule has 138 valence electrons. The van der Waals surface area contributed by atoms with Gasteiger partial charge in [0.25, 0.3) is 0 Å². The number of rotatable bonds is 5. The summed E-state index contributed by atoms with van der Waals surface area (Å²) in [7, 11) is 0. The molecular formula is C21H27N3O2. The zero-order valence-electron chi connectivity index (χ0n) is 15.2. The molecule has 2 aliphatic heterocycles. The van der Waals surface area contributed by atoms with Crippen LogP contribution in [0, 0.1) is 5.92 Å². The van der Waals surface area contributed by atoms with Crippen molar-refractivity contribution in [3.05, 3.63) is 30.5 Å². The molecule has 1 amide bonds. The molecule has 1 unspecified atom stereocenters. The Morgan fingerprint density at radius 2 is 1.92 bits per heavy atom. The molecule has 2 saturated heterocycles. The number of piperidine rings is 1. The minimum absolute atomic E-state index is 0.0795. The van der Waals surface area contributed by atoms with Gasteiger partial charge in [-0.1, -0.05) is 6.07 Å². The molecule has 3 fully saturated rings. The summed E-state index contributed by atoms with van der Waals surface area (Å²) in [5, 5.41) is 4.17. The lowest BCUT2D eigenvalue weighted by Gasteiger charge is -2.34. The van der Waals surface area contributed by atoms with E-state index in [0.29, 0.717) is 0 Å². The molecule has 1 aromatic heterocycles. The van der Waals surface area contributed by atoms with E-state index in [1.807, 2.05) is 0 Å². The largest absolute Gasteiger partial charge is 0.490 e. The molecule has 5 rings (SSSR count). The third-order valence-corrected chi connectivity index (χ3v) is 6.16. The zero-order valence-corrected chi connectivity index (χ0v) is 15.2. The lowest BCUT2D eigenvalue weighted by atomic mass is 10.0. The predicted octanol–water partition coefficient (Wildman–Crippen LogP) is 2.78. The smallest absolute Gasteiger partial charge is 0.237 e. The Morgan fingerprint density at radius 1 is 1.08 bits per heavy atom. The van der Waals surface area contributed by atoms with E-state index in [1.54, 1.807) is 0 Å². The van der Waals surface area contributed by atoms with Crippen molar-refractivity contribution in [2.75, 3.05) is 19.6 Å². The summed E-state index contributed by atoms with van der Waals surface area (Å²) in [6, 6.07) is 8.69. The molecule has 0 bridgehead atoms. The average Bonchev–Trinajstić information content (AvgIpc) is 3.22. The van der Waals surface area contributed by atoms with Gasteiger partial charge in [0.05, 0.1) is 11.6 Å². The molecule has 3 aliphatic rings. The number of carbonyl (C=O) groups is 1. The van der Waals surface area contributed by atoms with Crippen molar-refractivity contribution in [1.29, 1.82) is 0 Å². The van der Waals surface area contributed by atoms with Crippen LogP contribution in [0.5, 0.6) is 5.75 Å². The SMILES string of the molecule is O=C1NCCC1N1CCC(Oc2cccc3c2ccn3CC2CC2)CC1. The number of nitrogens with zero attached hydrogens (tertiary/aromatic N) is 2. The van der Waals surface area contributed by atoms with Gasteiger partial charge in [0.2, 0.25) is 5.91 Å². The quantitative estimate of drug-likeness (QED) is 0.899. The molecule has 1 N–H and O–H groups in total. The van der Waals surface area contributed by atoms with Crippen molar-refractivity contribution >= 4 is 16.8 Å². The number of ether oxygens (including phenoxy) is 1. The zero-order chi connectivity index (χ0) is 17.5. The minimum atomic E-state index is 0.0795. The summed E-state index contributed by atoms with van der Waals surface area (Å²) in [5.41, 5.74) is 1.29. The fourth-order valence-electron chi connectivity index (χ4n) is 4.45. The highest BCUT2D eigenvalue weighted by Gasteiger charge is 2.33. The summed E-state index contributed by atoms with van der Waals surface area (Å²) in [6.07, 6.45) is 8.11. The van der Waals surface area contributed by atoms with E-state index >= 15 is 0 Å². The molecular weight excluding hydrogens is 326 g/mol. The second kappa shape index (κ2) is 6.62. The van der Waals surface area contributed by atoms with Gasteiger partial charge in [-0.15, -0.1) is 0 Å². The topological polar surface area (TPSA) is 46.5 Å². The fraction of sp³-hybridized carbons (Fsp3) is 0.571. The summed E-state index contributed by atoms with van der Waals surface area (Å²) in [5.74, 6) is 2.08. The van der Waals surface area contributed by atoms with Crippen LogP contribution in [0.3, 0.4) is 0 Å². The van der Waals surface area contributed by atoms with Crippen LogP contribution in [0.2, 0.25) is 0 Å². The Hall–Kier alpha value is -2.01. The van der Waals surface area contributed by atoms with Crippen LogP contribution in [0.15, 0.2) is 30.5 Å². The van der Waals surface area contributed by atoms with E-state index in [1.165, 1.54) is 23.7 Å². The number of aromatic nitrogens is 1. The Kier molecular flexibility index (Phi) is 4.12. The number of fused-ring (bicyclic) bond motifs is 1. The highest BCUT2D eigenvalue weighted by molar-refractivity contribution is 5.86. The van der Waals surface area contributed by atoms with Gasteiger partial charge < -0.3 is 14.6 Å². The maximum Gasteiger partial charge on any atom is 0.237 e. The van der Waals surface area contributed by atoms with Crippen LogP contribution in [-0.2, 0) is 11.3 Å². The van der Waals surface area contributed by atoms with Gasteiger partial charge >= 0.3 is 0 Å². The third-order valence-electron chi connectivity index (χ3n) is 6.16. The average molecular weight is 353 g/mol. The first-order valence-electron chi connectivity index (χ1n) is 10.0. The first-order valence-corrected chi connectivity index (χ1v) is 10.0. The highest BCUT2D eigenvalue weighted by atomic mass is 16.5. The van der Waals surface area contributed by atoms with Gasteiger partial charge in [-0.3, -0.25) is 9.69 Å². The van der Waals surface area contributed by atoms with Crippen molar-refractivity contribution in [2.45, 2.75) is 50.8 Å². The predicted molar refractivity (Wildman–Crippen MR) is 101 cm³/mol. The normalized spacial score (nSPS) is 24.9. The number of nitrogens with one attached hydrogen (secondary N) is 1. The lowest BCUT2D eigenvalue weighted by Crippen LogP contribution is -2.47. The van der Waals surface area contributed by atoms with Gasteiger partial charge in [0.15, 0.2) is 0 Å². The molecule has 0 radical (unpaired) electrons. The van der Waals surface area contributed by atoms with Gasteiger partial charge in [-0.25, -0.2) is 0 Å². The molecule has 1 saturated carbocycles. The number of carbonyl (C=O) groups excluding carboxylic acids is 1. The van der Waals surface area contributed by atoms with Crippen LogP contribution < -0.4 is 10.1 Å². The van der Waals surface area contributed by atoms with Gasteiger partial charge in [0.1, 0.15) is 11.9 Å². The van der Waals surface area contributed by atoms with Crippen LogP contribution >= 0.6 is 0 Å². The fourth-order valence-corrected chi connectivity index (χ4v) is 4.45. The molecule has 26 heavy (non-hydrogen) atoms. The van der Waals surface area contributed by atoms with Crippen LogP contribution in [0.25, 0.3) is 10.9 Å². The van der Waals surface area contributed by atoms with E-state index in [0.717, 1.165) is 57.1 Å². The summed E-state index contributed by atoms with van der Waals surface area (Å²) >= 11 is 0. The molecule has 2 aromatic rings. The second-order valence-corrected chi connectivity index (χ2v) is 8.05. The summed E-state index contributed by atoms with van der Waals surface area (Å²) in [6.45, 7) is 3.84. The molecule has 1 aliphatic carbocycles. The number of benzene rings is 1. The number of hydrogen-bond donors (Lipinski definition) is 1. The molecule has 0 spiro atoms. The molecule has 5 nitrogen and oxygen atoms in total. The Balaban J connectivity index is 1.25. The standard InChI is InChI=1S/C21H27N3O2/c25-21-19(6-10-22-21)23-11-7-16(8-12-23)26-20-3-1-2-18-17(20)9-13-24(18)14-15-4-5-15/h1-3,9,13,15-16,19H,4-8,10-12,14H2,(H,22,25). The van der Waals surface area contributed by atoms with E-state index in [4.69, 9.17) is 4.74 Å². The first-order chi connectivity index (χ1) is 12.8. The monoisotopic (exact) mass is 353 g/mol. The van der Waals surface area contributed by atoms with Gasteiger partial charge in [-0.2, -0.15) is 0 Å². The maximum atomic E-state index is 11.9. The Bertz CT molecular complexity index is 803. The van der Waals surface area contributed by atoms with Crippen molar-refractivity contribution < 1.29 is 9.53 Å². The maximum absolute atomic E-state index is 11.9. The number of amides is 1. The van der Waals surface area contributed by atoms with Crippen LogP contribution in [0.4, 0.5) is 0 Å². The van der Waals surface area contributed by atoms with E-state index in [9.17, 15) is 4.79 Å². The van der Waals surface area contributed by atoms with Crippen molar-refractivity contribution in [3.8, 4) is 5.75 Å². The number of hydrogen-bond acceptors (Lipinski definition) is 3. The van der Waals surface area contributed by atoms with Gasteiger partial charge in [0, 0.05) is 37.8 Å². The Morgan fingerprint density at radius 3 is 2.65 bits per heavy atom. The van der Waals surface area contributed by atoms with Crippen molar-refractivity contribution in [3.63, 3.8) is 0 Å². The van der Waals surface area contributed by atoms with E-state index in [2.05, 4.69) is 45.2 Å². The third kappa shape index (κ3) is 3.09. The highest BCUT2D eigenvalue weighted by Crippen LogP contribution is 2.34. The molecule has 1 atom stereocenters. The van der Waals surface area contributed by atoms with E-state index in [-0.39, 0.29) is 18.1 Å². The Labute approximate surface area is 154 Å². The van der Waals surface area contributed by atoms with Crippen LogP contribution in [0.1, 0.15) is 32.1 Å². The van der Waals surface area contributed by atoms with E-state index < -0.39 is 0 Å². The second-order valence-electron chi connectivity index (χ2n) is 8.05.